The summed E-state index contributed by atoms with van der Waals surface area (Å²) in [4.78, 5) is 32.0. The number of carbonyl (C=O) groups is 2. The topological polar surface area (TPSA) is 88.3 Å². The molecule has 27 heavy (non-hydrogen) atoms. The van der Waals surface area contributed by atoms with Gasteiger partial charge in [0, 0.05) is 24.5 Å². The van der Waals surface area contributed by atoms with Crippen molar-refractivity contribution in [3.8, 4) is 0 Å². The fourth-order valence-electron chi connectivity index (χ4n) is 4.90. The minimum absolute atomic E-state index is 0.0372. The lowest BCUT2D eigenvalue weighted by Crippen LogP contribution is -2.50. The molecule has 0 radical (unpaired) electrons. The third-order valence-electron chi connectivity index (χ3n) is 6.21. The quantitative estimate of drug-likeness (QED) is 0.857. The summed E-state index contributed by atoms with van der Waals surface area (Å²) in [5.74, 6) is 0.220. The van der Waals surface area contributed by atoms with Crippen LogP contribution in [0.25, 0.3) is 0 Å². The third-order valence-corrected chi connectivity index (χ3v) is 6.21. The number of benzene rings is 1. The van der Waals surface area contributed by atoms with Gasteiger partial charge in [-0.15, -0.1) is 0 Å². The summed E-state index contributed by atoms with van der Waals surface area (Å²) in [6.45, 7) is 1.28. The molecule has 138 valence electrons. The van der Waals surface area contributed by atoms with E-state index >= 15 is 0 Å². The van der Waals surface area contributed by atoms with E-state index in [9.17, 15) is 9.59 Å². The van der Waals surface area contributed by atoms with E-state index in [1.165, 1.54) is 0 Å². The van der Waals surface area contributed by atoms with E-state index in [0.717, 1.165) is 61.2 Å². The molecule has 1 aromatic carbocycles. The van der Waals surface area contributed by atoms with Crippen molar-refractivity contribution in [1.82, 2.24) is 4.98 Å². The second-order valence-corrected chi connectivity index (χ2v) is 7.79. The van der Waals surface area contributed by atoms with Gasteiger partial charge in [0.2, 0.25) is 5.91 Å². The molecule has 5 rings (SSSR count). The van der Waals surface area contributed by atoms with Crippen molar-refractivity contribution in [3.63, 3.8) is 0 Å². The Labute approximate surface area is 157 Å². The Balaban J connectivity index is 1.58. The van der Waals surface area contributed by atoms with E-state index in [0.29, 0.717) is 17.9 Å². The molecule has 1 spiro atoms. The summed E-state index contributed by atoms with van der Waals surface area (Å²) in [7, 11) is 0. The zero-order valence-electron chi connectivity index (χ0n) is 15.1. The number of fused-ring (bicyclic) bond motifs is 3. The summed E-state index contributed by atoms with van der Waals surface area (Å²) in [5, 5.41) is 3.03. The van der Waals surface area contributed by atoms with Crippen LogP contribution in [0.2, 0.25) is 0 Å². The number of hydrogen-bond donors (Lipinski definition) is 2. The summed E-state index contributed by atoms with van der Waals surface area (Å²) >= 11 is 0. The SMILES string of the molecule is NC(=O)c1cc2c(nc1N1CCC[C@@]3(C1)C(=O)Nc1ccccc13)CCC2. The Morgan fingerprint density at radius 2 is 2.07 bits per heavy atom. The number of nitrogens with one attached hydrogen (secondary N) is 1. The van der Waals surface area contributed by atoms with E-state index in [1.807, 2.05) is 30.3 Å². The first-order valence-corrected chi connectivity index (χ1v) is 9.57. The molecule has 2 aliphatic heterocycles. The maximum Gasteiger partial charge on any atom is 0.252 e. The molecule has 2 amide bonds. The van der Waals surface area contributed by atoms with Crippen LogP contribution in [0.5, 0.6) is 0 Å². The number of aryl methyl sites for hydroxylation is 2. The molecule has 3 N–H and O–H groups in total. The number of hydrogen-bond acceptors (Lipinski definition) is 4. The molecule has 6 nitrogen and oxygen atoms in total. The van der Waals surface area contributed by atoms with Gasteiger partial charge in [-0.2, -0.15) is 0 Å². The molecule has 2 aromatic rings. The van der Waals surface area contributed by atoms with Gasteiger partial charge in [0.15, 0.2) is 0 Å². The van der Waals surface area contributed by atoms with Crippen LogP contribution in [0.4, 0.5) is 11.5 Å². The maximum absolute atomic E-state index is 12.9. The molecular formula is C21H22N4O2. The highest BCUT2D eigenvalue weighted by atomic mass is 16.2. The van der Waals surface area contributed by atoms with Crippen LogP contribution in [-0.4, -0.2) is 29.9 Å². The molecule has 3 heterocycles. The highest BCUT2D eigenvalue weighted by Crippen LogP contribution is 2.44. The molecule has 1 fully saturated rings. The van der Waals surface area contributed by atoms with Crippen molar-refractivity contribution in [2.24, 2.45) is 5.73 Å². The minimum Gasteiger partial charge on any atom is -0.365 e. The van der Waals surface area contributed by atoms with Crippen LogP contribution in [0.15, 0.2) is 30.3 Å². The van der Waals surface area contributed by atoms with Crippen LogP contribution in [0, 0.1) is 0 Å². The maximum atomic E-state index is 12.9. The van der Waals surface area contributed by atoms with Crippen LogP contribution in [-0.2, 0) is 23.1 Å². The molecular weight excluding hydrogens is 340 g/mol. The third kappa shape index (κ3) is 2.36. The number of carbonyl (C=O) groups excluding carboxylic acids is 2. The van der Waals surface area contributed by atoms with E-state index in [2.05, 4.69) is 10.2 Å². The molecule has 1 saturated heterocycles. The Morgan fingerprint density at radius 1 is 1.22 bits per heavy atom. The zero-order valence-corrected chi connectivity index (χ0v) is 15.1. The van der Waals surface area contributed by atoms with E-state index < -0.39 is 11.3 Å². The zero-order chi connectivity index (χ0) is 18.6. The Bertz CT molecular complexity index is 971. The number of aromatic nitrogens is 1. The molecule has 0 saturated carbocycles. The number of nitrogens with two attached hydrogens (primary N) is 1. The van der Waals surface area contributed by atoms with Gasteiger partial charge >= 0.3 is 0 Å². The highest BCUT2D eigenvalue weighted by Gasteiger charge is 2.49. The van der Waals surface area contributed by atoms with Crippen LogP contribution in [0.1, 0.15) is 46.4 Å². The predicted molar refractivity (Wildman–Crippen MR) is 103 cm³/mol. The summed E-state index contributed by atoms with van der Waals surface area (Å²) < 4.78 is 0. The van der Waals surface area contributed by atoms with Crippen molar-refractivity contribution in [1.29, 1.82) is 0 Å². The fraction of sp³-hybridized carbons (Fsp3) is 0.381. The number of piperidine rings is 1. The van der Waals surface area contributed by atoms with Crippen molar-refractivity contribution in [2.75, 3.05) is 23.3 Å². The van der Waals surface area contributed by atoms with Crippen LogP contribution in [0.3, 0.4) is 0 Å². The molecule has 1 aromatic heterocycles. The number of para-hydroxylation sites is 1. The van der Waals surface area contributed by atoms with Gasteiger partial charge in [-0.05, 0) is 55.4 Å². The molecule has 0 unspecified atom stereocenters. The Morgan fingerprint density at radius 3 is 2.93 bits per heavy atom. The second-order valence-electron chi connectivity index (χ2n) is 7.79. The van der Waals surface area contributed by atoms with Crippen molar-refractivity contribution in [2.45, 2.75) is 37.5 Å². The van der Waals surface area contributed by atoms with Gasteiger partial charge in [0.1, 0.15) is 5.82 Å². The average Bonchev–Trinajstić information content (AvgIpc) is 3.24. The largest absolute Gasteiger partial charge is 0.365 e. The van der Waals surface area contributed by atoms with E-state index in [1.54, 1.807) is 0 Å². The monoisotopic (exact) mass is 362 g/mol. The summed E-state index contributed by atoms with van der Waals surface area (Å²) in [5.41, 5.74) is 9.68. The normalized spacial score (nSPS) is 23.3. The number of primary amides is 1. The molecule has 1 aliphatic carbocycles. The van der Waals surface area contributed by atoms with Gasteiger partial charge in [0.05, 0.1) is 11.0 Å². The lowest BCUT2D eigenvalue weighted by Gasteiger charge is -2.40. The number of nitrogens with zero attached hydrogens (tertiary/aromatic N) is 2. The van der Waals surface area contributed by atoms with Gasteiger partial charge in [-0.1, -0.05) is 18.2 Å². The summed E-state index contributed by atoms with van der Waals surface area (Å²) in [6, 6.07) is 9.80. The minimum atomic E-state index is -0.593. The average molecular weight is 362 g/mol. The molecule has 1 atom stereocenters. The Hall–Kier alpha value is -2.89. The highest BCUT2D eigenvalue weighted by molar-refractivity contribution is 6.07. The van der Waals surface area contributed by atoms with Crippen LogP contribution >= 0.6 is 0 Å². The molecule has 0 bridgehead atoms. The molecule has 3 aliphatic rings. The second kappa shape index (κ2) is 5.81. The van der Waals surface area contributed by atoms with E-state index in [-0.39, 0.29) is 5.91 Å². The van der Waals surface area contributed by atoms with Gasteiger partial charge in [-0.25, -0.2) is 4.98 Å². The Kier molecular flexibility index (Phi) is 3.50. The first-order chi connectivity index (χ1) is 13.1. The number of anilines is 2. The lowest BCUT2D eigenvalue weighted by molar-refractivity contribution is -0.121. The van der Waals surface area contributed by atoms with Gasteiger partial charge in [0.25, 0.3) is 5.91 Å². The standard InChI is InChI=1S/C21H22N4O2/c22-18(26)14-11-13-5-3-8-16(13)23-19(14)25-10-4-9-21(12-25)15-6-1-2-7-17(15)24-20(21)27/h1-2,6-7,11H,3-5,8-10,12H2,(H2,22,26)(H,24,27)/t21-/m0/s1. The van der Waals surface area contributed by atoms with Crippen molar-refractivity contribution < 1.29 is 9.59 Å². The fourth-order valence-corrected chi connectivity index (χ4v) is 4.90. The van der Waals surface area contributed by atoms with Crippen LogP contribution < -0.4 is 16.0 Å². The first-order valence-electron chi connectivity index (χ1n) is 9.57. The predicted octanol–water partition coefficient (Wildman–Crippen LogP) is 2.16. The number of rotatable bonds is 2. The number of amides is 2. The first kappa shape index (κ1) is 16.3. The summed E-state index contributed by atoms with van der Waals surface area (Å²) in [6.07, 6.45) is 4.60. The van der Waals surface area contributed by atoms with Crippen molar-refractivity contribution >= 4 is 23.3 Å². The van der Waals surface area contributed by atoms with Gasteiger partial charge in [-0.3, -0.25) is 9.59 Å². The number of pyridine rings is 1. The lowest BCUT2D eigenvalue weighted by atomic mass is 9.75. The van der Waals surface area contributed by atoms with Gasteiger partial charge < -0.3 is 16.0 Å². The van der Waals surface area contributed by atoms with Crippen molar-refractivity contribution in [3.05, 3.63) is 52.7 Å². The smallest absolute Gasteiger partial charge is 0.252 e. The molecule has 6 heteroatoms. The van der Waals surface area contributed by atoms with E-state index in [4.69, 9.17) is 10.7 Å².